The molecular weight excluding hydrogens is 254 g/mol. The Morgan fingerprint density at radius 3 is 2.21 bits per heavy atom. The Hall–Kier alpha value is -1.48. The van der Waals surface area contributed by atoms with Gasteiger partial charge in [0.1, 0.15) is 0 Å². The largest absolute Gasteiger partial charge is 0.355 e. The zero-order valence-corrected chi connectivity index (χ0v) is 13.2. The van der Waals surface area contributed by atoms with Crippen molar-refractivity contribution in [1.29, 1.82) is 0 Å². The number of benzene rings is 1. The lowest BCUT2D eigenvalue weighted by Crippen LogP contribution is -2.17. The Morgan fingerprint density at radius 1 is 1.26 bits per heavy atom. The number of rotatable bonds is 4. The lowest BCUT2D eigenvalue weighted by Gasteiger charge is -2.08. The molecule has 3 heteroatoms. The molecule has 19 heavy (non-hydrogen) atoms. The molecule has 0 aromatic heterocycles. The normalized spacial score (nSPS) is 10.3. The Morgan fingerprint density at radius 2 is 1.79 bits per heavy atom. The minimum atomic E-state index is -0.138. The highest BCUT2D eigenvalue weighted by Crippen LogP contribution is 2.32. The van der Waals surface area contributed by atoms with Crippen LogP contribution in [-0.4, -0.2) is 13.0 Å². The molecule has 0 radical (unpaired) electrons. The van der Waals surface area contributed by atoms with Crippen molar-refractivity contribution in [2.75, 3.05) is 7.05 Å². The zero-order chi connectivity index (χ0) is 14.8. The van der Waals surface area contributed by atoms with Crippen LogP contribution < -0.4 is 5.32 Å². The molecule has 0 aliphatic carbocycles. The summed E-state index contributed by atoms with van der Waals surface area (Å²) < 4.78 is 0. The van der Waals surface area contributed by atoms with Gasteiger partial charge < -0.3 is 5.32 Å². The number of allylic oxidation sites excluding steroid dienone is 1. The van der Waals surface area contributed by atoms with E-state index < -0.39 is 0 Å². The third kappa shape index (κ3) is 5.79. The SMILES string of the molecule is C=C(S/C(=C\C)c1ccc(C)cc1)C(=O)NC.CC. The molecule has 0 spiro atoms. The molecule has 0 saturated carbocycles. The first-order chi connectivity index (χ1) is 9.08. The van der Waals surface area contributed by atoms with Gasteiger partial charge in [-0.05, 0) is 19.4 Å². The zero-order valence-electron chi connectivity index (χ0n) is 12.4. The fraction of sp³-hybridized carbons (Fsp3) is 0.312. The molecule has 0 unspecified atom stereocenters. The Bertz CT molecular complexity index is 446. The van der Waals surface area contributed by atoms with E-state index in [2.05, 4.69) is 43.1 Å². The van der Waals surface area contributed by atoms with E-state index in [-0.39, 0.29) is 5.91 Å². The van der Waals surface area contributed by atoms with Crippen LogP contribution >= 0.6 is 11.8 Å². The van der Waals surface area contributed by atoms with Crippen molar-refractivity contribution in [3.63, 3.8) is 0 Å². The molecule has 0 heterocycles. The maximum absolute atomic E-state index is 11.4. The summed E-state index contributed by atoms with van der Waals surface area (Å²) in [7, 11) is 1.61. The van der Waals surface area contributed by atoms with Crippen LogP contribution in [0.2, 0.25) is 0 Å². The number of hydrogen-bond acceptors (Lipinski definition) is 2. The second kappa shape index (κ2) is 9.45. The number of aryl methyl sites for hydroxylation is 1. The first kappa shape index (κ1) is 17.5. The molecule has 2 nitrogen and oxygen atoms in total. The summed E-state index contributed by atoms with van der Waals surface area (Å²) in [6.07, 6.45) is 1.99. The van der Waals surface area contributed by atoms with Crippen molar-refractivity contribution in [1.82, 2.24) is 5.32 Å². The quantitative estimate of drug-likeness (QED) is 0.828. The molecule has 0 bridgehead atoms. The van der Waals surface area contributed by atoms with Gasteiger partial charge in [-0.1, -0.05) is 68.1 Å². The summed E-state index contributed by atoms with van der Waals surface area (Å²) in [6, 6.07) is 8.22. The standard InChI is InChI=1S/C14H17NOS.C2H6/c1-5-13(17-11(3)14(16)15-4)12-8-6-10(2)7-9-12;1-2/h5-9H,3H2,1-2,4H3,(H,15,16);1-2H3/b13-5-;. The molecular formula is C16H23NOS. The van der Waals surface area contributed by atoms with E-state index in [1.165, 1.54) is 17.3 Å². The van der Waals surface area contributed by atoms with Crippen molar-refractivity contribution >= 4 is 22.6 Å². The maximum atomic E-state index is 11.4. The van der Waals surface area contributed by atoms with Crippen molar-refractivity contribution in [3.05, 3.63) is 53.0 Å². The lowest BCUT2D eigenvalue weighted by molar-refractivity contribution is -0.116. The van der Waals surface area contributed by atoms with Gasteiger partial charge in [-0.3, -0.25) is 4.79 Å². The van der Waals surface area contributed by atoms with Crippen LogP contribution in [0.5, 0.6) is 0 Å². The van der Waals surface area contributed by atoms with Gasteiger partial charge in [0.2, 0.25) is 0 Å². The second-order valence-electron chi connectivity index (χ2n) is 3.62. The van der Waals surface area contributed by atoms with Gasteiger partial charge in [0.25, 0.3) is 5.91 Å². The van der Waals surface area contributed by atoms with Gasteiger partial charge >= 0.3 is 0 Å². The molecule has 1 amide bonds. The molecule has 0 fully saturated rings. The van der Waals surface area contributed by atoms with E-state index >= 15 is 0 Å². The molecule has 1 rings (SSSR count). The monoisotopic (exact) mass is 277 g/mol. The molecule has 1 N–H and O–H groups in total. The average molecular weight is 277 g/mol. The highest BCUT2D eigenvalue weighted by atomic mass is 32.2. The van der Waals surface area contributed by atoms with Crippen molar-refractivity contribution in [2.45, 2.75) is 27.7 Å². The third-order valence-electron chi connectivity index (χ3n) is 2.31. The van der Waals surface area contributed by atoms with Crippen LogP contribution in [0.4, 0.5) is 0 Å². The molecule has 0 atom stereocenters. The van der Waals surface area contributed by atoms with Gasteiger partial charge in [-0.25, -0.2) is 0 Å². The summed E-state index contributed by atoms with van der Waals surface area (Å²) in [5.41, 5.74) is 2.33. The second-order valence-corrected chi connectivity index (χ2v) is 4.76. The minimum absolute atomic E-state index is 0.138. The van der Waals surface area contributed by atoms with E-state index in [0.717, 1.165) is 10.5 Å². The summed E-state index contributed by atoms with van der Waals surface area (Å²) in [5.74, 6) is -0.138. The smallest absolute Gasteiger partial charge is 0.257 e. The van der Waals surface area contributed by atoms with E-state index in [9.17, 15) is 4.79 Å². The van der Waals surface area contributed by atoms with Gasteiger partial charge in [0.15, 0.2) is 0 Å². The fourth-order valence-corrected chi connectivity index (χ4v) is 2.15. The molecule has 0 aliphatic rings. The highest BCUT2D eigenvalue weighted by Gasteiger charge is 2.09. The molecule has 0 aliphatic heterocycles. The number of thioether (sulfide) groups is 1. The van der Waals surface area contributed by atoms with E-state index in [1.54, 1.807) is 7.05 Å². The first-order valence-corrected chi connectivity index (χ1v) is 7.22. The summed E-state index contributed by atoms with van der Waals surface area (Å²) in [5, 5.41) is 2.57. The van der Waals surface area contributed by atoms with Crippen molar-refractivity contribution < 1.29 is 4.79 Å². The Kier molecular flexibility index (Phi) is 8.71. The number of amides is 1. The van der Waals surface area contributed by atoms with Gasteiger partial charge in [0, 0.05) is 12.0 Å². The van der Waals surface area contributed by atoms with Crippen molar-refractivity contribution in [3.8, 4) is 0 Å². The summed E-state index contributed by atoms with van der Waals surface area (Å²) in [4.78, 5) is 12.9. The van der Waals surface area contributed by atoms with Crippen LogP contribution in [0, 0.1) is 6.92 Å². The minimum Gasteiger partial charge on any atom is -0.355 e. The maximum Gasteiger partial charge on any atom is 0.257 e. The average Bonchev–Trinajstić information content (AvgIpc) is 2.46. The summed E-state index contributed by atoms with van der Waals surface area (Å²) in [6.45, 7) is 11.8. The van der Waals surface area contributed by atoms with Crippen LogP contribution in [-0.2, 0) is 4.79 Å². The van der Waals surface area contributed by atoms with E-state index in [1.807, 2.05) is 26.8 Å². The first-order valence-electron chi connectivity index (χ1n) is 6.40. The van der Waals surface area contributed by atoms with Crippen LogP contribution in [0.25, 0.3) is 4.91 Å². The predicted octanol–water partition coefficient (Wildman–Crippen LogP) is 4.37. The molecule has 0 saturated heterocycles. The van der Waals surface area contributed by atoms with Crippen LogP contribution in [0.1, 0.15) is 31.9 Å². The lowest BCUT2D eigenvalue weighted by atomic mass is 10.1. The Labute approximate surface area is 121 Å². The molecule has 1 aromatic carbocycles. The summed E-state index contributed by atoms with van der Waals surface area (Å²) >= 11 is 1.39. The number of carbonyl (C=O) groups excluding carboxylic acids is 1. The predicted molar refractivity (Wildman–Crippen MR) is 87.0 cm³/mol. The number of likely N-dealkylation sites (N-methyl/N-ethyl adjacent to an activating group) is 1. The van der Waals surface area contributed by atoms with E-state index in [4.69, 9.17) is 0 Å². The Balaban J connectivity index is 0.00000154. The van der Waals surface area contributed by atoms with Gasteiger partial charge in [-0.15, -0.1) is 0 Å². The third-order valence-corrected chi connectivity index (χ3v) is 3.43. The highest BCUT2D eigenvalue weighted by molar-refractivity contribution is 8.12. The van der Waals surface area contributed by atoms with Gasteiger partial charge in [-0.2, -0.15) is 0 Å². The fourth-order valence-electron chi connectivity index (χ4n) is 1.32. The number of nitrogens with one attached hydrogen (secondary N) is 1. The number of hydrogen-bond donors (Lipinski definition) is 1. The molecule has 104 valence electrons. The van der Waals surface area contributed by atoms with Crippen LogP contribution in [0.15, 0.2) is 41.8 Å². The molecule has 1 aromatic rings. The van der Waals surface area contributed by atoms with Gasteiger partial charge in [0.05, 0.1) is 4.91 Å². The number of carbonyl (C=O) groups is 1. The van der Waals surface area contributed by atoms with Crippen LogP contribution in [0.3, 0.4) is 0 Å². The van der Waals surface area contributed by atoms with Crippen molar-refractivity contribution in [2.24, 2.45) is 0 Å². The van der Waals surface area contributed by atoms with E-state index in [0.29, 0.717) is 4.91 Å². The topological polar surface area (TPSA) is 29.1 Å².